The Bertz CT molecular complexity index is 688. The van der Waals surface area contributed by atoms with Gasteiger partial charge in [0.15, 0.2) is 0 Å². The summed E-state index contributed by atoms with van der Waals surface area (Å²) in [6.07, 6.45) is 3.96. The average molecular weight is 355 g/mol. The molecule has 1 aliphatic heterocycles. The fourth-order valence-electron chi connectivity index (χ4n) is 2.81. The first-order valence-electron chi connectivity index (χ1n) is 9.01. The van der Waals surface area contributed by atoms with E-state index in [-0.39, 0.29) is 5.91 Å². The van der Waals surface area contributed by atoms with Gasteiger partial charge in [-0.25, -0.2) is 0 Å². The zero-order valence-corrected chi connectivity index (χ0v) is 14.9. The van der Waals surface area contributed by atoms with E-state index in [9.17, 15) is 4.79 Å². The van der Waals surface area contributed by atoms with E-state index in [1.807, 2.05) is 12.1 Å². The van der Waals surface area contributed by atoms with E-state index in [1.165, 1.54) is 5.56 Å². The number of amides is 1. The number of morpholine rings is 1. The molecule has 2 heterocycles. The Kier molecular flexibility index (Phi) is 6.98. The predicted octanol–water partition coefficient (Wildman–Crippen LogP) is 2.11. The minimum Gasteiger partial charge on any atom is -0.494 e. The molecule has 1 aromatic heterocycles. The molecule has 1 aliphatic rings. The van der Waals surface area contributed by atoms with Crippen LogP contribution < -0.4 is 10.1 Å². The van der Waals surface area contributed by atoms with Crippen LogP contribution >= 0.6 is 0 Å². The molecular weight excluding hydrogens is 330 g/mol. The van der Waals surface area contributed by atoms with Crippen molar-refractivity contribution in [1.29, 1.82) is 0 Å². The normalized spacial score (nSPS) is 14.8. The number of carbonyl (C=O) groups is 1. The van der Waals surface area contributed by atoms with E-state index >= 15 is 0 Å². The van der Waals surface area contributed by atoms with Gasteiger partial charge >= 0.3 is 0 Å². The average Bonchev–Trinajstić information content (AvgIpc) is 2.69. The van der Waals surface area contributed by atoms with Crippen LogP contribution in [-0.2, 0) is 11.3 Å². The summed E-state index contributed by atoms with van der Waals surface area (Å²) in [6.45, 7) is 5.61. The third-order valence-corrected chi connectivity index (χ3v) is 4.21. The number of hydrogen-bond donors (Lipinski definition) is 1. The second-order valence-corrected chi connectivity index (χ2v) is 6.24. The largest absolute Gasteiger partial charge is 0.494 e. The molecule has 1 fully saturated rings. The summed E-state index contributed by atoms with van der Waals surface area (Å²) in [5.74, 6) is 0.764. The van der Waals surface area contributed by atoms with Gasteiger partial charge in [-0.2, -0.15) is 0 Å². The molecule has 0 atom stereocenters. The van der Waals surface area contributed by atoms with Crippen LogP contribution in [0.3, 0.4) is 0 Å². The molecule has 138 valence electrons. The molecule has 0 bridgehead atoms. The zero-order chi connectivity index (χ0) is 18.0. The molecule has 1 saturated heterocycles. The van der Waals surface area contributed by atoms with E-state index in [1.54, 1.807) is 24.5 Å². The number of aromatic nitrogens is 1. The summed E-state index contributed by atoms with van der Waals surface area (Å²) < 4.78 is 11.2. The lowest BCUT2D eigenvalue weighted by molar-refractivity contribution is 0.0341. The third-order valence-electron chi connectivity index (χ3n) is 4.21. The number of pyridine rings is 1. The highest BCUT2D eigenvalue weighted by Crippen LogP contribution is 2.15. The first-order valence-corrected chi connectivity index (χ1v) is 9.01. The van der Waals surface area contributed by atoms with Gasteiger partial charge in [0.1, 0.15) is 5.75 Å². The van der Waals surface area contributed by atoms with Crippen LogP contribution in [0.4, 0.5) is 0 Å². The molecule has 0 spiro atoms. The van der Waals surface area contributed by atoms with Crippen molar-refractivity contribution in [2.75, 3.05) is 39.5 Å². The van der Waals surface area contributed by atoms with Crippen LogP contribution in [0, 0.1) is 0 Å². The monoisotopic (exact) mass is 355 g/mol. The number of nitrogens with zero attached hydrogens (tertiary/aromatic N) is 2. The van der Waals surface area contributed by atoms with Crippen molar-refractivity contribution in [3.8, 4) is 5.75 Å². The molecule has 0 radical (unpaired) electrons. The molecular formula is C20H25N3O3. The fraction of sp³-hybridized carbons (Fsp3) is 0.400. The van der Waals surface area contributed by atoms with E-state index in [0.717, 1.165) is 45.0 Å². The Labute approximate surface area is 154 Å². The van der Waals surface area contributed by atoms with Crippen LogP contribution in [0.1, 0.15) is 22.3 Å². The molecule has 1 aromatic carbocycles. The van der Waals surface area contributed by atoms with Gasteiger partial charge in [0.2, 0.25) is 0 Å². The van der Waals surface area contributed by atoms with Gasteiger partial charge in [-0.3, -0.25) is 14.7 Å². The van der Waals surface area contributed by atoms with E-state index in [4.69, 9.17) is 9.47 Å². The van der Waals surface area contributed by atoms with Gasteiger partial charge in [-0.05, 0) is 36.2 Å². The fourth-order valence-corrected chi connectivity index (χ4v) is 2.81. The van der Waals surface area contributed by atoms with Crippen molar-refractivity contribution in [1.82, 2.24) is 15.2 Å². The number of benzene rings is 1. The second-order valence-electron chi connectivity index (χ2n) is 6.24. The number of ether oxygens (including phenoxy) is 2. The quantitative estimate of drug-likeness (QED) is 0.735. The lowest BCUT2D eigenvalue weighted by Gasteiger charge is -2.26. The molecule has 3 rings (SSSR count). The van der Waals surface area contributed by atoms with Crippen molar-refractivity contribution >= 4 is 5.91 Å². The van der Waals surface area contributed by atoms with Crippen LogP contribution in [-0.4, -0.2) is 55.2 Å². The van der Waals surface area contributed by atoms with Crippen LogP contribution in [0.2, 0.25) is 0 Å². The van der Waals surface area contributed by atoms with Crippen molar-refractivity contribution in [3.63, 3.8) is 0 Å². The number of carbonyl (C=O) groups excluding carboxylic acids is 1. The Morgan fingerprint density at radius 3 is 2.92 bits per heavy atom. The SMILES string of the molecule is O=C(NCCCOc1cccc(CN2CCOCC2)c1)c1cccnc1. The van der Waals surface area contributed by atoms with Gasteiger partial charge in [0.05, 0.1) is 25.4 Å². The molecule has 0 unspecified atom stereocenters. The molecule has 2 aromatic rings. The summed E-state index contributed by atoms with van der Waals surface area (Å²) >= 11 is 0. The number of rotatable bonds is 8. The van der Waals surface area contributed by atoms with Gasteiger partial charge in [0.25, 0.3) is 5.91 Å². The smallest absolute Gasteiger partial charge is 0.252 e. The topological polar surface area (TPSA) is 63.7 Å². The molecule has 1 amide bonds. The van der Waals surface area contributed by atoms with Crippen molar-refractivity contribution in [2.45, 2.75) is 13.0 Å². The first-order chi connectivity index (χ1) is 12.8. The highest BCUT2D eigenvalue weighted by atomic mass is 16.5. The summed E-state index contributed by atoms with van der Waals surface area (Å²) in [5.41, 5.74) is 1.82. The van der Waals surface area contributed by atoms with E-state index < -0.39 is 0 Å². The van der Waals surface area contributed by atoms with Gasteiger partial charge < -0.3 is 14.8 Å². The summed E-state index contributed by atoms with van der Waals surface area (Å²) in [5, 5.41) is 2.87. The first kappa shape index (κ1) is 18.4. The van der Waals surface area contributed by atoms with E-state index in [2.05, 4.69) is 27.3 Å². The molecule has 0 aliphatic carbocycles. The minimum absolute atomic E-state index is 0.106. The molecule has 6 heteroatoms. The summed E-state index contributed by atoms with van der Waals surface area (Å²) in [6, 6.07) is 11.7. The van der Waals surface area contributed by atoms with Crippen LogP contribution in [0.15, 0.2) is 48.8 Å². The third kappa shape index (κ3) is 5.82. The Balaban J connectivity index is 1.36. The maximum atomic E-state index is 11.9. The van der Waals surface area contributed by atoms with Gasteiger partial charge in [-0.1, -0.05) is 12.1 Å². The zero-order valence-electron chi connectivity index (χ0n) is 14.9. The highest BCUT2D eigenvalue weighted by molar-refractivity contribution is 5.93. The van der Waals surface area contributed by atoms with E-state index in [0.29, 0.717) is 18.7 Å². The van der Waals surface area contributed by atoms with Crippen molar-refractivity contribution in [3.05, 3.63) is 59.9 Å². The molecule has 26 heavy (non-hydrogen) atoms. The Hall–Kier alpha value is -2.44. The molecule has 1 N–H and O–H groups in total. The molecule has 0 saturated carbocycles. The number of nitrogens with one attached hydrogen (secondary N) is 1. The van der Waals surface area contributed by atoms with Crippen LogP contribution in [0.25, 0.3) is 0 Å². The highest BCUT2D eigenvalue weighted by Gasteiger charge is 2.11. The van der Waals surface area contributed by atoms with Gasteiger partial charge in [0, 0.05) is 38.6 Å². The van der Waals surface area contributed by atoms with Crippen molar-refractivity contribution < 1.29 is 14.3 Å². The Morgan fingerprint density at radius 2 is 2.12 bits per heavy atom. The predicted molar refractivity (Wildman–Crippen MR) is 99.2 cm³/mol. The lowest BCUT2D eigenvalue weighted by atomic mass is 10.2. The number of hydrogen-bond acceptors (Lipinski definition) is 5. The summed E-state index contributed by atoms with van der Waals surface area (Å²) in [7, 11) is 0. The van der Waals surface area contributed by atoms with Crippen LogP contribution in [0.5, 0.6) is 5.75 Å². The standard InChI is InChI=1S/C20H25N3O3/c24-20(18-5-2-7-21-15-18)22-8-3-11-26-19-6-1-4-17(14-19)16-23-9-12-25-13-10-23/h1-2,4-7,14-15H,3,8-13,16H2,(H,22,24). The van der Waals surface area contributed by atoms with Gasteiger partial charge in [-0.15, -0.1) is 0 Å². The van der Waals surface area contributed by atoms with Crippen molar-refractivity contribution in [2.24, 2.45) is 0 Å². The maximum absolute atomic E-state index is 11.9. The lowest BCUT2D eigenvalue weighted by Crippen LogP contribution is -2.35. The summed E-state index contributed by atoms with van der Waals surface area (Å²) in [4.78, 5) is 18.2. The second kappa shape index (κ2) is 9.89. The molecule has 6 nitrogen and oxygen atoms in total. The Morgan fingerprint density at radius 1 is 1.23 bits per heavy atom. The maximum Gasteiger partial charge on any atom is 0.252 e. The minimum atomic E-state index is -0.106.